The third-order valence-electron chi connectivity index (χ3n) is 4.66. The highest BCUT2D eigenvalue weighted by atomic mass is 35.5. The van der Waals surface area contributed by atoms with Crippen molar-refractivity contribution in [3.05, 3.63) is 40.5 Å². The molecule has 0 aliphatic carbocycles. The maximum Gasteiger partial charge on any atom is 0.254 e. The van der Waals surface area contributed by atoms with Gasteiger partial charge in [-0.25, -0.2) is 9.97 Å². The van der Waals surface area contributed by atoms with Crippen LogP contribution in [0.2, 0.25) is 5.02 Å². The molecule has 4 N–H and O–H groups in total. The lowest BCUT2D eigenvalue weighted by molar-refractivity contribution is -0.118. The van der Waals surface area contributed by atoms with E-state index < -0.39 is 5.91 Å². The summed E-state index contributed by atoms with van der Waals surface area (Å²) in [5.41, 5.74) is 7.73. The lowest BCUT2D eigenvalue weighted by Crippen LogP contribution is -2.33. The SMILES string of the molecule is CCC(CCO)Nc1ncc(Cl)c(-c2ccc3c(c2)C(=O)N(CC(N)=O)C3)n1. The number of aromatic nitrogens is 2. The Morgan fingerprint density at radius 2 is 2.25 bits per heavy atom. The van der Waals surface area contributed by atoms with Gasteiger partial charge < -0.3 is 21.1 Å². The van der Waals surface area contributed by atoms with Crippen molar-refractivity contribution < 1.29 is 14.7 Å². The number of nitrogens with two attached hydrogens (primary N) is 1. The Labute approximate surface area is 167 Å². The van der Waals surface area contributed by atoms with Gasteiger partial charge in [0.1, 0.15) is 0 Å². The average Bonchev–Trinajstić information content (AvgIpc) is 2.97. The van der Waals surface area contributed by atoms with Crippen LogP contribution < -0.4 is 11.1 Å². The molecular formula is C19H22ClN5O3. The van der Waals surface area contributed by atoms with Crippen LogP contribution in [-0.2, 0) is 11.3 Å². The molecule has 1 aromatic carbocycles. The van der Waals surface area contributed by atoms with Gasteiger partial charge in [0.05, 0.1) is 23.5 Å². The van der Waals surface area contributed by atoms with Gasteiger partial charge in [-0.3, -0.25) is 9.59 Å². The van der Waals surface area contributed by atoms with Crippen LogP contribution in [0.4, 0.5) is 5.95 Å². The van der Waals surface area contributed by atoms with Crippen LogP contribution in [0.15, 0.2) is 24.4 Å². The van der Waals surface area contributed by atoms with Crippen LogP contribution in [0.25, 0.3) is 11.3 Å². The number of rotatable bonds is 8. The van der Waals surface area contributed by atoms with Crippen molar-refractivity contribution in [1.29, 1.82) is 0 Å². The zero-order valence-electron chi connectivity index (χ0n) is 15.5. The van der Waals surface area contributed by atoms with E-state index in [0.717, 1.165) is 12.0 Å². The van der Waals surface area contributed by atoms with E-state index in [1.807, 2.05) is 19.1 Å². The fourth-order valence-corrected chi connectivity index (χ4v) is 3.38. The topological polar surface area (TPSA) is 121 Å². The summed E-state index contributed by atoms with van der Waals surface area (Å²) in [7, 11) is 0. The predicted octanol–water partition coefficient (Wildman–Crippen LogP) is 1.81. The number of anilines is 1. The van der Waals surface area contributed by atoms with E-state index in [1.54, 1.807) is 6.07 Å². The van der Waals surface area contributed by atoms with Crippen LogP contribution in [0.5, 0.6) is 0 Å². The minimum Gasteiger partial charge on any atom is -0.396 e. The van der Waals surface area contributed by atoms with Gasteiger partial charge in [0.25, 0.3) is 5.91 Å². The first kappa shape index (κ1) is 20.0. The summed E-state index contributed by atoms with van der Waals surface area (Å²) in [6, 6.07) is 5.43. The maximum atomic E-state index is 12.5. The Bertz CT molecular complexity index is 905. The second kappa shape index (κ2) is 8.53. The second-order valence-corrected chi connectivity index (χ2v) is 7.06. The summed E-state index contributed by atoms with van der Waals surface area (Å²) in [6.45, 7) is 2.31. The fraction of sp³-hybridized carbons (Fsp3) is 0.368. The van der Waals surface area contributed by atoms with Crippen LogP contribution >= 0.6 is 11.6 Å². The lowest BCUT2D eigenvalue weighted by Gasteiger charge is -2.16. The van der Waals surface area contributed by atoms with Crippen molar-refractivity contribution in [3.63, 3.8) is 0 Å². The van der Waals surface area contributed by atoms with Crippen molar-refractivity contribution >= 4 is 29.4 Å². The third kappa shape index (κ3) is 4.23. The number of benzene rings is 1. The van der Waals surface area contributed by atoms with Gasteiger partial charge >= 0.3 is 0 Å². The number of hydrogen-bond donors (Lipinski definition) is 3. The molecule has 0 saturated carbocycles. The van der Waals surface area contributed by atoms with Crippen LogP contribution in [-0.4, -0.2) is 51.0 Å². The normalized spacial score (nSPS) is 14.1. The summed E-state index contributed by atoms with van der Waals surface area (Å²) in [5, 5.41) is 12.7. The molecule has 9 heteroatoms. The number of nitrogens with zero attached hydrogens (tertiary/aromatic N) is 3. The molecule has 3 rings (SSSR count). The van der Waals surface area contributed by atoms with Crippen molar-refractivity contribution in [3.8, 4) is 11.3 Å². The van der Waals surface area contributed by atoms with Gasteiger partial charge in [0, 0.05) is 30.3 Å². The number of hydrogen-bond acceptors (Lipinski definition) is 6. The molecule has 2 heterocycles. The zero-order chi connectivity index (χ0) is 20.3. The lowest BCUT2D eigenvalue weighted by atomic mass is 10.0. The Morgan fingerprint density at radius 1 is 1.46 bits per heavy atom. The molecular weight excluding hydrogens is 382 g/mol. The monoisotopic (exact) mass is 403 g/mol. The minimum atomic E-state index is -0.552. The number of aliphatic hydroxyl groups is 1. The number of amides is 2. The van der Waals surface area contributed by atoms with E-state index in [0.29, 0.717) is 40.8 Å². The van der Waals surface area contributed by atoms with Gasteiger partial charge in [0.2, 0.25) is 11.9 Å². The molecule has 1 unspecified atom stereocenters. The summed E-state index contributed by atoms with van der Waals surface area (Å²) in [5.74, 6) is -0.389. The van der Waals surface area contributed by atoms with E-state index in [1.165, 1.54) is 11.1 Å². The number of carbonyl (C=O) groups excluding carboxylic acids is 2. The first-order valence-corrected chi connectivity index (χ1v) is 9.41. The van der Waals surface area contributed by atoms with E-state index in [2.05, 4.69) is 15.3 Å². The van der Waals surface area contributed by atoms with Gasteiger partial charge in [-0.15, -0.1) is 0 Å². The highest BCUT2D eigenvalue weighted by Gasteiger charge is 2.29. The summed E-state index contributed by atoms with van der Waals surface area (Å²) < 4.78 is 0. The Hall–Kier alpha value is -2.71. The van der Waals surface area contributed by atoms with Crippen LogP contribution in [0.3, 0.4) is 0 Å². The first-order valence-electron chi connectivity index (χ1n) is 9.03. The molecule has 0 fully saturated rings. The van der Waals surface area contributed by atoms with Crippen LogP contribution in [0, 0.1) is 0 Å². The summed E-state index contributed by atoms with van der Waals surface area (Å²) >= 11 is 6.30. The maximum absolute atomic E-state index is 12.5. The van der Waals surface area contributed by atoms with E-state index in [4.69, 9.17) is 22.4 Å². The highest BCUT2D eigenvalue weighted by Crippen LogP contribution is 2.31. The molecule has 2 amide bonds. The number of carbonyl (C=O) groups is 2. The molecule has 1 aliphatic rings. The largest absolute Gasteiger partial charge is 0.396 e. The highest BCUT2D eigenvalue weighted by molar-refractivity contribution is 6.33. The fourth-order valence-electron chi connectivity index (χ4n) is 3.18. The Morgan fingerprint density at radius 3 is 2.93 bits per heavy atom. The van der Waals surface area contributed by atoms with Crippen molar-refractivity contribution in [2.75, 3.05) is 18.5 Å². The molecule has 0 saturated heterocycles. The molecule has 1 atom stereocenters. The van der Waals surface area contributed by atoms with E-state index in [9.17, 15) is 9.59 Å². The standard InChI is InChI=1S/C19H22ClN5O3/c1-2-13(5-6-26)23-19-22-8-15(20)17(24-19)11-3-4-12-9-25(10-16(21)27)18(28)14(12)7-11/h3-4,7-8,13,26H,2,5-6,9-10H2,1H3,(H2,21,27)(H,22,23,24). The van der Waals surface area contributed by atoms with Crippen molar-refractivity contribution in [1.82, 2.24) is 14.9 Å². The summed E-state index contributed by atoms with van der Waals surface area (Å²) in [4.78, 5) is 33.8. The number of fused-ring (bicyclic) bond motifs is 1. The number of nitrogens with one attached hydrogen (secondary N) is 1. The van der Waals surface area contributed by atoms with E-state index >= 15 is 0 Å². The molecule has 148 valence electrons. The van der Waals surface area contributed by atoms with Crippen molar-refractivity contribution in [2.45, 2.75) is 32.4 Å². The average molecular weight is 404 g/mol. The summed E-state index contributed by atoms with van der Waals surface area (Å²) in [6.07, 6.45) is 2.90. The zero-order valence-corrected chi connectivity index (χ0v) is 16.2. The quantitative estimate of drug-likeness (QED) is 0.618. The molecule has 1 aromatic heterocycles. The number of aliphatic hydroxyl groups excluding tert-OH is 1. The first-order chi connectivity index (χ1) is 13.4. The number of halogens is 1. The molecule has 0 radical (unpaired) electrons. The minimum absolute atomic E-state index is 0.0444. The second-order valence-electron chi connectivity index (χ2n) is 6.65. The van der Waals surface area contributed by atoms with Gasteiger partial charge in [-0.2, -0.15) is 0 Å². The Balaban J connectivity index is 1.89. The van der Waals surface area contributed by atoms with Gasteiger partial charge in [-0.1, -0.05) is 30.7 Å². The number of primary amides is 1. The molecule has 2 aromatic rings. The third-order valence-corrected chi connectivity index (χ3v) is 4.93. The molecule has 0 spiro atoms. The van der Waals surface area contributed by atoms with E-state index in [-0.39, 0.29) is 25.1 Å². The molecule has 1 aliphatic heterocycles. The predicted molar refractivity (Wildman–Crippen MR) is 106 cm³/mol. The van der Waals surface area contributed by atoms with Crippen LogP contribution in [0.1, 0.15) is 35.7 Å². The Kier molecular flexibility index (Phi) is 6.11. The van der Waals surface area contributed by atoms with Crippen molar-refractivity contribution in [2.24, 2.45) is 5.73 Å². The van der Waals surface area contributed by atoms with Gasteiger partial charge in [0.15, 0.2) is 0 Å². The molecule has 28 heavy (non-hydrogen) atoms. The smallest absolute Gasteiger partial charge is 0.254 e. The van der Waals surface area contributed by atoms with Gasteiger partial charge in [-0.05, 0) is 24.5 Å². The molecule has 0 bridgehead atoms. The molecule has 8 nitrogen and oxygen atoms in total.